The van der Waals surface area contributed by atoms with Crippen LogP contribution in [0, 0.1) is 5.92 Å². The molecule has 0 aliphatic carbocycles. The molecule has 1 aromatic rings. The summed E-state index contributed by atoms with van der Waals surface area (Å²) in [6, 6.07) is 6.22. The van der Waals surface area contributed by atoms with E-state index in [2.05, 4.69) is 4.99 Å². The predicted octanol–water partition coefficient (Wildman–Crippen LogP) is 2.40. The van der Waals surface area contributed by atoms with Gasteiger partial charge in [-0.1, -0.05) is 37.7 Å². The van der Waals surface area contributed by atoms with Crippen LogP contribution in [0.25, 0.3) is 0 Å². The van der Waals surface area contributed by atoms with E-state index in [0.717, 1.165) is 0 Å². The smallest absolute Gasteiger partial charge is 0.338 e. The topological polar surface area (TPSA) is 111 Å². The molecule has 1 aromatic carbocycles. The zero-order valence-electron chi connectivity index (χ0n) is 17.4. The predicted molar refractivity (Wildman–Crippen MR) is 114 cm³/mol. The van der Waals surface area contributed by atoms with Crippen molar-refractivity contribution in [1.82, 2.24) is 4.90 Å². The van der Waals surface area contributed by atoms with Crippen molar-refractivity contribution in [2.45, 2.75) is 39.0 Å². The van der Waals surface area contributed by atoms with Crippen molar-refractivity contribution >= 4 is 34.7 Å². The van der Waals surface area contributed by atoms with Crippen LogP contribution in [0.1, 0.15) is 39.3 Å². The molecule has 0 radical (unpaired) electrons. The molecule has 2 aliphatic heterocycles. The first-order valence-electron chi connectivity index (χ1n) is 9.66. The van der Waals surface area contributed by atoms with Crippen molar-refractivity contribution in [3.05, 3.63) is 41.1 Å². The minimum absolute atomic E-state index is 0.112. The quantitative estimate of drug-likeness (QED) is 0.664. The number of rotatable bonds is 7. The van der Waals surface area contributed by atoms with Gasteiger partial charge in [-0.05, 0) is 37.5 Å². The van der Waals surface area contributed by atoms with Crippen LogP contribution in [-0.2, 0) is 19.1 Å². The van der Waals surface area contributed by atoms with Gasteiger partial charge in [0.05, 0.1) is 29.2 Å². The number of primary amides is 1. The van der Waals surface area contributed by atoms with E-state index < -0.39 is 17.9 Å². The molecule has 3 rings (SSSR count). The number of carbonyl (C=O) groups excluding carboxylic acids is 3. The lowest BCUT2D eigenvalue weighted by atomic mass is 9.94. The number of nitrogens with two attached hydrogens (primary N) is 1. The van der Waals surface area contributed by atoms with Crippen molar-refractivity contribution in [3.63, 3.8) is 0 Å². The van der Waals surface area contributed by atoms with Crippen molar-refractivity contribution in [2.75, 3.05) is 13.2 Å². The highest BCUT2D eigenvalue weighted by atomic mass is 32.2. The van der Waals surface area contributed by atoms with Crippen molar-refractivity contribution in [2.24, 2.45) is 16.6 Å². The highest BCUT2D eigenvalue weighted by Crippen LogP contribution is 2.43. The van der Waals surface area contributed by atoms with Gasteiger partial charge in [0.15, 0.2) is 11.8 Å². The van der Waals surface area contributed by atoms with Crippen molar-refractivity contribution in [1.29, 1.82) is 0 Å². The first-order chi connectivity index (χ1) is 14.2. The highest BCUT2D eigenvalue weighted by molar-refractivity contribution is 8.15. The molecule has 0 spiro atoms. The average molecular weight is 432 g/mol. The lowest BCUT2D eigenvalue weighted by Crippen LogP contribution is -2.40. The second kappa shape index (κ2) is 8.91. The Balaban J connectivity index is 1.98. The molecule has 2 amide bonds. The standard InChI is InChI=1S/C21H25N3O5S/c1-11(2)9-29-20(27)17-12(3)23-21-24(19(26)13(4)30-21)18(17)14-5-7-15(8-6-14)28-10-16(22)25/h5-8,11,13,18H,9-10H2,1-4H3,(H2,22,25). The van der Waals surface area contributed by atoms with Gasteiger partial charge in [0.1, 0.15) is 5.75 Å². The normalized spacial score (nSPS) is 20.9. The molecular weight excluding hydrogens is 406 g/mol. The lowest BCUT2D eigenvalue weighted by Gasteiger charge is -2.33. The maximum absolute atomic E-state index is 12.9. The molecule has 2 aliphatic rings. The van der Waals surface area contributed by atoms with Gasteiger partial charge in [-0.3, -0.25) is 14.5 Å². The lowest BCUT2D eigenvalue weighted by molar-refractivity contribution is -0.141. The summed E-state index contributed by atoms with van der Waals surface area (Å²) in [6.07, 6.45) is 0. The molecule has 0 aromatic heterocycles. The average Bonchev–Trinajstić information content (AvgIpc) is 2.97. The molecule has 9 heteroatoms. The summed E-state index contributed by atoms with van der Waals surface area (Å²) < 4.78 is 10.8. The summed E-state index contributed by atoms with van der Waals surface area (Å²) in [5, 5.41) is 0.285. The van der Waals surface area contributed by atoms with Gasteiger partial charge in [0.2, 0.25) is 5.91 Å². The van der Waals surface area contributed by atoms with Crippen LogP contribution in [0.3, 0.4) is 0 Å². The fraction of sp³-hybridized carbons (Fsp3) is 0.429. The number of benzene rings is 1. The second-order valence-corrected chi connectivity index (χ2v) is 8.89. The Labute approximate surface area is 179 Å². The highest BCUT2D eigenvalue weighted by Gasteiger charge is 2.46. The second-order valence-electron chi connectivity index (χ2n) is 7.58. The molecule has 2 heterocycles. The maximum atomic E-state index is 12.9. The molecule has 160 valence electrons. The van der Waals surface area contributed by atoms with Crippen molar-refractivity contribution < 1.29 is 23.9 Å². The molecule has 2 N–H and O–H groups in total. The van der Waals surface area contributed by atoms with Gasteiger partial charge in [-0.25, -0.2) is 9.79 Å². The molecular formula is C21H25N3O5S. The number of allylic oxidation sites excluding steroid dienone is 1. The third kappa shape index (κ3) is 4.51. The molecule has 8 nitrogen and oxygen atoms in total. The molecule has 2 atom stereocenters. The van der Waals surface area contributed by atoms with Crippen LogP contribution in [0.2, 0.25) is 0 Å². The molecule has 30 heavy (non-hydrogen) atoms. The van der Waals surface area contributed by atoms with Gasteiger partial charge in [0, 0.05) is 0 Å². The van der Waals surface area contributed by atoms with E-state index in [0.29, 0.717) is 27.8 Å². The summed E-state index contributed by atoms with van der Waals surface area (Å²) in [5.41, 5.74) is 6.70. The number of fused-ring (bicyclic) bond motifs is 1. The van der Waals surface area contributed by atoms with Gasteiger partial charge >= 0.3 is 5.97 Å². The number of thioether (sulfide) groups is 1. The first kappa shape index (κ1) is 21.9. The van der Waals surface area contributed by atoms with Crippen LogP contribution >= 0.6 is 11.8 Å². The Morgan fingerprint density at radius 2 is 1.93 bits per heavy atom. The fourth-order valence-corrected chi connectivity index (χ4v) is 4.23. The summed E-state index contributed by atoms with van der Waals surface area (Å²) >= 11 is 1.37. The summed E-state index contributed by atoms with van der Waals surface area (Å²) in [5.74, 6) is -0.529. The van der Waals surface area contributed by atoms with E-state index in [1.807, 2.05) is 20.8 Å². The van der Waals surface area contributed by atoms with Crippen LogP contribution in [0.5, 0.6) is 5.75 Å². The molecule has 1 saturated heterocycles. The number of hydrogen-bond acceptors (Lipinski definition) is 7. The van der Waals surface area contributed by atoms with E-state index in [-0.39, 0.29) is 30.3 Å². The monoisotopic (exact) mass is 431 g/mol. The Bertz CT molecular complexity index is 923. The Kier molecular flexibility index (Phi) is 6.50. The number of aliphatic imine (C=N–C) groups is 1. The number of esters is 1. The minimum Gasteiger partial charge on any atom is -0.484 e. The van der Waals surface area contributed by atoms with E-state index in [9.17, 15) is 14.4 Å². The Morgan fingerprint density at radius 3 is 2.53 bits per heavy atom. The van der Waals surface area contributed by atoms with Crippen LogP contribution in [0.15, 0.2) is 40.5 Å². The number of amides is 2. The van der Waals surface area contributed by atoms with Gasteiger partial charge < -0.3 is 15.2 Å². The molecule has 0 bridgehead atoms. The van der Waals surface area contributed by atoms with Crippen LogP contribution in [0.4, 0.5) is 0 Å². The van der Waals surface area contributed by atoms with E-state index >= 15 is 0 Å². The minimum atomic E-state index is -0.646. The first-order valence-corrected chi connectivity index (χ1v) is 10.5. The van der Waals surface area contributed by atoms with E-state index in [1.165, 1.54) is 11.8 Å². The van der Waals surface area contributed by atoms with Gasteiger partial charge in [-0.2, -0.15) is 0 Å². The van der Waals surface area contributed by atoms with Gasteiger partial charge in [0.25, 0.3) is 5.91 Å². The zero-order valence-corrected chi connectivity index (χ0v) is 18.2. The molecule has 2 unspecified atom stereocenters. The number of carbonyl (C=O) groups is 3. The van der Waals surface area contributed by atoms with Crippen LogP contribution < -0.4 is 10.5 Å². The number of nitrogens with zero attached hydrogens (tertiary/aromatic N) is 2. The summed E-state index contributed by atoms with van der Waals surface area (Å²) in [4.78, 5) is 42.8. The van der Waals surface area contributed by atoms with E-state index in [1.54, 1.807) is 36.1 Å². The fourth-order valence-electron chi connectivity index (χ4n) is 3.20. The number of ether oxygens (including phenoxy) is 2. The number of amidine groups is 1. The maximum Gasteiger partial charge on any atom is 0.338 e. The van der Waals surface area contributed by atoms with Crippen molar-refractivity contribution in [3.8, 4) is 5.75 Å². The summed E-state index contributed by atoms with van der Waals surface area (Å²) in [7, 11) is 0. The Morgan fingerprint density at radius 1 is 1.27 bits per heavy atom. The molecule has 1 fully saturated rings. The van der Waals surface area contributed by atoms with E-state index in [4.69, 9.17) is 15.2 Å². The largest absolute Gasteiger partial charge is 0.484 e. The molecule has 0 saturated carbocycles. The SMILES string of the molecule is CC1=C(C(=O)OCC(C)C)C(c2ccc(OCC(N)=O)cc2)N2C(=O)C(C)SC2=N1. The zero-order chi connectivity index (χ0) is 22.0. The number of hydrogen-bond donors (Lipinski definition) is 1. The van der Waals surface area contributed by atoms with Gasteiger partial charge in [-0.15, -0.1) is 0 Å². The third-order valence-electron chi connectivity index (χ3n) is 4.60. The van der Waals surface area contributed by atoms with Crippen LogP contribution in [-0.4, -0.2) is 46.3 Å². The third-order valence-corrected chi connectivity index (χ3v) is 5.66. The summed E-state index contributed by atoms with van der Waals surface area (Å²) in [6.45, 7) is 7.52. The Hall–Kier alpha value is -2.81.